The highest BCUT2D eigenvalue weighted by molar-refractivity contribution is 8.06. The van der Waals surface area contributed by atoms with Gasteiger partial charge < -0.3 is 9.30 Å². The number of ether oxygens (including phenoxy) is 1. The normalized spacial score (nSPS) is 12.3. The Bertz CT molecular complexity index is 1050. The number of sulfone groups is 1. The highest BCUT2D eigenvalue weighted by Gasteiger charge is 2.21. The molecule has 0 aliphatic carbocycles. The van der Waals surface area contributed by atoms with Crippen LogP contribution in [0.1, 0.15) is 31.1 Å². The van der Waals surface area contributed by atoms with Gasteiger partial charge in [0.2, 0.25) is 15.0 Å². The minimum atomic E-state index is -4.14. The molecule has 0 bridgehead atoms. The smallest absolute Gasteiger partial charge is 0.338 e. The van der Waals surface area contributed by atoms with Crippen LogP contribution in [0.4, 0.5) is 0 Å². The number of hydrogen-bond acceptors (Lipinski definition) is 7. The highest BCUT2D eigenvalue weighted by atomic mass is 32.2. The van der Waals surface area contributed by atoms with Crippen LogP contribution in [0.5, 0.6) is 0 Å². The van der Waals surface area contributed by atoms with Gasteiger partial charge >= 0.3 is 5.97 Å². The van der Waals surface area contributed by atoms with Crippen molar-refractivity contribution in [2.75, 3.05) is 12.4 Å². The van der Waals surface area contributed by atoms with Crippen molar-refractivity contribution < 1.29 is 27.5 Å². The van der Waals surface area contributed by atoms with Gasteiger partial charge in [0, 0.05) is 13.5 Å². The molecule has 1 aromatic heterocycles. The molecule has 0 unspecified atom stereocenters. The van der Waals surface area contributed by atoms with Gasteiger partial charge in [-0.1, -0.05) is 11.3 Å². The van der Waals surface area contributed by atoms with Crippen LogP contribution >= 0.6 is 11.3 Å². The van der Waals surface area contributed by atoms with Crippen LogP contribution in [0.25, 0.3) is 10.2 Å². The molecule has 1 aromatic carbocycles. The van der Waals surface area contributed by atoms with E-state index in [4.69, 9.17) is 4.74 Å². The van der Waals surface area contributed by atoms with Crippen molar-refractivity contribution >= 4 is 48.4 Å². The van der Waals surface area contributed by atoms with Gasteiger partial charge in [-0.25, -0.2) is 13.2 Å². The van der Waals surface area contributed by atoms with Crippen LogP contribution in [-0.2, 0) is 30.7 Å². The molecule has 1 heterocycles. The zero-order valence-corrected chi connectivity index (χ0v) is 16.1. The van der Waals surface area contributed by atoms with Gasteiger partial charge in [-0.15, -0.1) is 0 Å². The van der Waals surface area contributed by atoms with E-state index in [1.54, 1.807) is 29.7 Å². The fourth-order valence-electron chi connectivity index (χ4n) is 2.21. The van der Waals surface area contributed by atoms with Crippen molar-refractivity contribution in [3.8, 4) is 0 Å². The number of carbonyl (C=O) groups is 3. The number of carbonyl (C=O) groups excluding carboxylic acids is 3. The van der Waals surface area contributed by atoms with Crippen LogP contribution in [0.3, 0.4) is 0 Å². The average molecular weight is 398 g/mol. The molecule has 0 saturated heterocycles. The van der Waals surface area contributed by atoms with Gasteiger partial charge in [0.1, 0.15) is 5.75 Å². The number of fused-ring (bicyclic) bond motifs is 1. The molecular weight excluding hydrogens is 380 g/mol. The Morgan fingerprint density at radius 1 is 1.23 bits per heavy atom. The topological polar surface area (TPSA) is 112 Å². The first-order valence-corrected chi connectivity index (χ1v) is 10.3. The monoisotopic (exact) mass is 398 g/mol. The summed E-state index contributed by atoms with van der Waals surface area (Å²) >= 11 is 1.15. The minimum Gasteiger partial charge on any atom is -0.462 e. The third kappa shape index (κ3) is 4.25. The van der Waals surface area contributed by atoms with Crippen molar-refractivity contribution in [3.63, 3.8) is 0 Å². The number of nitrogens with zero attached hydrogens (tertiary/aromatic N) is 2. The second-order valence-electron chi connectivity index (χ2n) is 5.29. The number of benzene rings is 1. The van der Waals surface area contributed by atoms with E-state index >= 15 is 0 Å². The van der Waals surface area contributed by atoms with E-state index in [-0.39, 0.29) is 6.61 Å². The standard InChI is InChI=1S/C16H18N2O6S2/c1-4-18-12-7-6-11(15(21)24-5-2)8-13(12)25-16(18)17-14(20)9-26(22,23)10(3)19/h6-8H,4-5,9H2,1-3H3. The first-order chi connectivity index (χ1) is 12.2. The van der Waals surface area contributed by atoms with Crippen LogP contribution in [-0.4, -0.2) is 42.3 Å². The molecule has 0 radical (unpaired) electrons. The van der Waals surface area contributed by atoms with Gasteiger partial charge in [0.05, 0.1) is 22.4 Å². The summed E-state index contributed by atoms with van der Waals surface area (Å²) in [6.45, 7) is 5.21. The second-order valence-corrected chi connectivity index (χ2v) is 8.39. The highest BCUT2D eigenvalue weighted by Crippen LogP contribution is 2.20. The van der Waals surface area contributed by atoms with Crippen molar-refractivity contribution in [1.82, 2.24) is 4.57 Å². The van der Waals surface area contributed by atoms with Crippen LogP contribution in [0.2, 0.25) is 0 Å². The van der Waals surface area contributed by atoms with Crippen molar-refractivity contribution in [2.24, 2.45) is 4.99 Å². The Morgan fingerprint density at radius 3 is 2.50 bits per heavy atom. The Labute approximate surface area is 154 Å². The lowest BCUT2D eigenvalue weighted by Gasteiger charge is -2.03. The predicted octanol–water partition coefficient (Wildman–Crippen LogP) is 1.29. The minimum absolute atomic E-state index is 0.260. The molecule has 0 N–H and O–H groups in total. The van der Waals surface area contributed by atoms with E-state index in [9.17, 15) is 22.8 Å². The van der Waals surface area contributed by atoms with E-state index in [1.807, 2.05) is 6.92 Å². The molecule has 26 heavy (non-hydrogen) atoms. The number of hydrogen-bond donors (Lipinski definition) is 0. The SMILES string of the molecule is CCOC(=O)c1ccc2c(c1)sc(=NC(=O)CS(=O)(=O)C(C)=O)n2CC. The Balaban J connectivity index is 2.48. The lowest BCUT2D eigenvalue weighted by molar-refractivity contribution is -0.116. The Hall–Kier alpha value is -2.33. The lowest BCUT2D eigenvalue weighted by atomic mass is 10.2. The van der Waals surface area contributed by atoms with Crippen molar-refractivity contribution in [2.45, 2.75) is 27.3 Å². The van der Waals surface area contributed by atoms with Gasteiger partial charge in [-0.05, 0) is 32.0 Å². The summed E-state index contributed by atoms with van der Waals surface area (Å²) in [6.07, 6.45) is 0. The number of esters is 1. The van der Waals surface area contributed by atoms with E-state index in [2.05, 4.69) is 4.99 Å². The summed E-state index contributed by atoms with van der Waals surface area (Å²) in [5.74, 6) is -2.33. The predicted molar refractivity (Wildman–Crippen MR) is 96.5 cm³/mol. The maximum absolute atomic E-state index is 12.0. The molecule has 2 aromatic rings. The summed E-state index contributed by atoms with van der Waals surface area (Å²) in [4.78, 5) is 39.0. The number of aryl methyl sites for hydroxylation is 1. The van der Waals surface area contributed by atoms with Crippen LogP contribution in [0.15, 0.2) is 23.2 Å². The zero-order valence-electron chi connectivity index (χ0n) is 14.5. The maximum atomic E-state index is 12.0. The maximum Gasteiger partial charge on any atom is 0.338 e. The molecule has 2 rings (SSSR count). The lowest BCUT2D eigenvalue weighted by Crippen LogP contribution is -2.23. The molecule has 0 aliphatic rings. The van der Waals surface area contributed by atoms with Crippen LogP contribution in [0, 0.1) is 0 Å². The van der Waals surface area contributed by atoms with E-state index < -0.39 is 32.6 Å². The molecule has 0 spiro atoms. The summed E-state index contributed by atoms with van der Waals surface area (Å²) in [5, 5.41) is -1.07. The van der Waals surface area contributed by atoms with Gasteiger partial charge in [0.15, 0.2) is 4.80 Å². The molecule has 140 valence electrons. The molecule has 0 aliphatic heterocycles. The molecule has 0 saturated carbocycles. The summed E-state index contributed by atoms with van der Waals surface area (Å²) in [7, 11) is -4.14. The summed E-state index contributed by atoms with van der Waals surface area (Å²) in [5.41, 5.74) is 1.13. The summed E-state index contributed by atoms with van der Waals surface area (Å²) in [6, 6.07) is 4.97. The second kappa shape index (κ2) is 7.92. The molecular formula is C16H18N2O6S2. The fraction of sp³-hybridized carbons (Fsp3) is 0.375. The third-order valence-electron chi connectivity index (χ3n) is 3.48. The van der Waals surface area contributed by atoms with Crippen LogP contribution < -0.4 is 4.80 Å². The fourth-order valence-corrected chi connectivity index (χ4v) is 3.95. The Kier molecular flexibility index (Phi) is 6.09. The quantitative estimate of drug-likeness (QED) is 0.702. The number of aromatic nitrogens is 1. The van der Waals surface area contributed by atoms with Crippen molar-refractivity contribution in [1.29, 1.82) is 0 Å². The van der Waals surface area contributed by atoms with Gasteiger partial charge in [-0.2, -0.15) is 4.99 Å². The van der Waals surface area contributed by atoms with Gasteiger partial charge in [-0.3, -0.25) is 9.59 Å². The first kappa shape index (κ1) is 20.0. The number of amides is 1. The van der Waals surface area contributed by atoms with E-state index in [1.165, 1.54) is 0 Å². The first-order valence-electron chi connectivity index (χ1n) is 7.81. The van der Waals surface area contributed by atoms with Gasteiger partial charge in [0.25, 0.3) is 5.91 Å². The molecule has 0 atom stereocenters. The molecule has 10 heteroatoms. The van der Waals surface area contributed by atoms with E-state index in [0.717, 1.165) is 23.8 Å². The number of rotatable bonds is 5. The Morgan fingerprint density at radius 2 is 1.92 bits per heavy atom. The van der Waals surface area contributed by atoms with Crippen molar-refractivity contribution in [3.05, 3.63) is 28.6 Å². The zero-order chi connectivity index (χ0) is 19.5. The average Bonchev–Trinajstić information content (AvgIpc) is 2.90. The molecule has 1 amide bonds. The molecule has 8 nitrogen and oxygen atoms in total. The summed E-state index contributed by atoms with van der Waals surface area (Å²) < 4.78 is 30.5. The largest absolute Gasteiger partial charge is 0.462 e. The number of thiazole rings is 1. The molecule has 0 fully saturated rings. The third-order valence-corrected chi connectivity index (χ3v) is 6.03. The van der Waals surface area contributed by atoms with E-state index in [0.29, 0.717) is 21.6 Å².